The number of nitrogens with one attached hydrogen (secondary N) is 2. The number of esters is 1. The number of carbonyl (C=O) groups is 2. The number of amides is 1. The highest BCUT2D eigenvalue weighted by Gasteiger charge is 2.30. The van der Waals surface area contributed by atoms with Crippen LogP contribution < -0.4 is 14.5 Å². The molecule has 2 heterocycles. The zero-order valence-corrected chi connectivity index (χ0v) is 20.8. The molecule has 3 aromatic rings. The maximum atomic E-state index is 13.0. The lowest BCUT2D eigenvalue weighted by molar-refractivity contribution is -0.895. The lowest BCUT2D eigenvalue weighted by Crippen LogP contribution is -3.08. The molecule has 8 nitrogen and oxygen atoms in total. The number of hydrogen-bond acceptors (Lipinski definition) is 6. The molecule has 2 aromatic carbocycles. The molecule has 1 aliphatic rings. The summed E-state index contributed by atoms with van der Waals surface area (Å²) >= 11 is 1.39. The average molecular weight is 501 g/mol. The molecule has 1 aliphatic heterocycles. The molecule has 0 spiro atoms. The molecule has 2 N–H and O–H groups in total. The van der Waals surface area contributed by atoms with Crippen molar-refractivity contribution in [3.63, 3.8) is 0 Å². The number of fused-ring (bicyclic) bond motifs is 1. The van der Waals surface area contributed by atoms with Crippen molar-refractivity contribution < 1.29 is 27.6 Å². The Morgan fingerprint density at radius 2 is 1.76 bits per heavy atom. The summed E-state index contributed by atoms with van der Waals surface area (Å²) in [5, 5.41) is 3.29. The summed E-state index contributed by atoms with van der Waals surface area (Å²) in [6.45, 7) is 1.68. The molecule has 4 rings (SSSR count). The van der Waals surface area contributed by atoms with Crippen LogP contribution in [0, 0.1) is 0 Å². The number of nitrogens with zero attached hydrogens (tertiary/aromatic N) is 1. The average Bonchev–Trinajstić information content (AvgIpc) is 3.20. The first-order valence-corrected chi connectivity index (χ1v) is 13.0. The molecular weight excluding hydrogens is 474 g/mol. The minimum absolute atomic E-state index is 0.0725. The van der Waals surface area contributed by atoms with Gasteiger partial charge in [-0.2, -0.15) is 0 Å². The standard InChI is InChI=1S/C24H25N3O5S2/c1-26-14-13-19-20(15-26)33-23(21(19)24(29)32-3)25-22(28)16-9-11-18(12-10-16)34(30,31)27(2)17-7-5-4-6-8-17/h4-12H,13-15H2,1-3H3,(H,25,28)/p+1. The number of anilines is 2. The number of para-hydroxylation sites is 1. The van der Waals surface area contributed by atoms with Crippen LogP contribution in [0.3, 0.4) is 0 Å². The van der Waals surface area contributed by atoms with E-state index in [1.807, 2.05) is 6.07 Å². The van der Waals surface area contributed by atoms with Gasteiger partial charge >= 0.3 is 5.97 Å². The number of benzene rings is 2. The van der Waals surface area contributed by atoms with Crippen molar-refractivity contribution in [1.82, 2.24) is 0 Å². The van der Waals surface area contributed by atoms with Crippen molar-refractivity contribution in [2.45, 2.75) is 17.9 Å². The Balaban J connectivity index is 1.57. The van der Waals surface area contributed by atoms with Gasteiger partial charge in [0, 0.05) is 19.0 Å². The van der Waals surface area contributed by atoms with Crippen molar-refractivity contribution in [3.05, 3.63) is 76.2 Å². The molecule has 0 aliphatic carbocycles. The second-order valence-corrected chi connectivity index (χ2v) is 11.2. The summed E-state index contributed by atoms with van der Waals surface area (Å²) < 4.78 is 32.1. The van der Waals surface area contributed by atoms with Gasteiger partial charge in [0.2, 0.25) is 0 Å². The minimum atomic E-state index is -3.78. The predicted molar refractivity (Wildman–Crippen MR) is 131 cm³/mol. The molecule has 178 valence electrons. The Hall–Kier alpha value is -3.21. The Labute approximate surface area is 202 Å². The molecule has 0 radical (unpaired) electrons. The number of quaternary nitrogens is 1. The maximum Gasteiger partial charge on any atom is 0.341 e. The molecule has 10 heteroatoms. The highest BCUT2D eigenvalue weighted by molar-refractivity contribution is 7.92. The van der Waals surface area contributed by atoms with Crippen LogP contribution in [0.1, 0.15) is 31.2 Å². The topological polar surface area (TPSA) is 97.2 Å². The molecule has 0 fully saturated rings. The van der Waals surface area contributed by atoms with Crippen molar-refractivity contribution in [2.75, 3.05) is 37.4 Å². The molecule has 1 unspecified atom stereocenters. The molecule has 0 saturated carbocycles. The summed E-state index contributed by atoms with van der Waals surface area (Å²) in [6.07, 6.45) is 0.736. The number of methoxy groups -OCH3 is 1. The number of thiophene rings is 1. The summed E-state index contributed by atoms with van der Waals surface area (Å²) in [4.78, 5) is 27.9. The summed E-state index contributed by atoms with van der Waals surface area (Å²) in [5.74, 6) is -0.900. The molecular formula is C24H26N3O5S2+. The first-order chi connectivity index (χ1) is 16.2. The number of rotatable bonds is 6. The van der Waals surface area contributed by atoms with E-state index in [-0.39, 0.29) is 10.5 Å². The van der Waals surface area contributed by atoms with Crippen LogP contribution in [-0.2, 0) is 27.7 Å². The van der Waals surface area contributed by atoms with Crippen molar-refractivity contribution >= 4 is 43.9 Å². The van der Waals surface area contributed by atoms with E-state index in [0.29, 0.717) is 16.3 Å². The van der Waals surface area contributed by atoms with E-state index >= 15 is 0 Å². The third-order valence-electron chi connectivity index (χ3n) is 5.87. The SMILES string of the molecule is COC(=O)c1c(NC(=O)c2ccc(S(=O)(=O)N(C)c3ccccc3)cc2)sc2c1CC[NH+](C)C2. The smallest absolute Gasteiger partial charge is 0.341 e. The van der Waals surface area contributed by atoms with Gasteiger partial charge in [-0.3, -0.25) is 9.10 Å². The fourth-order valence-corrected chi connectivity index (χ4v) is 6.45. The Bertz CT molecular complexity index is 1320. The normalized spacial score (nSPS) is 15.3. The van der Waals surface area contributed by atoms with Crippen LogP contribution in [0.2, 0.25) is 0 Å². The zero-order chi connectivity index (χ0) is 24.5. The third-order valence-corrected chi connectivity index (χ3v) is 8.81. The minimum Gasteiger partial charge on any atom is -0.465 e. The van der Waals surface area contributed by atoms with Crippen LogP contribution in [0.15, 0.2) is 59.5 Å². The van der Waals surface area contributed by atoms with Crippen molar-refractivity contribution in [3.8, 4) is 0 Å². The molecule has 1 amide bonds. The Morgan fingerprint density at radius 3 is 2.41 bits per heavy atom. The first-order valence-electron chi connectivity index (χ1n) is 10.7. The largest absolute Gasteiger partial charge is 0.465 e. The van der Waals surface area contributed by atoms with Crippen LogP contribution in [0.5, 0.6) is 0 Å². The Kier molecular flexibility index (Phi) is 6.74. The van der Waals surface area contributed by atoms with E-state index in [4.69, 9.17) is 4.74 Å². The lowest BCUT2D eigenvalue weighted by Gasteiger charge is -2.19. The van der Waals surface area contributed by atoms with Gasteiger partial charge < -0.3 is 15.0 Å². The van der Waals surface area contributed by atoms with Gasteiger partial charge in [0.25, 0.3) is 15.9 Å². The molecule has 1 aromatic heterocycles. The number of carbonyl (C=O) groups excluding carboxylic acids is 2. The number of sulfonamides is 1. The fourth-order valence-electron chi connectivity index (χ4n) is 3.91. The van der Waals surface area contributed by atoms with Crippen molar-refractivity contribution in [2.24, 2.45) is 0 Å². The van der Waals surface area contributed by atoms with Gasteiger partial charge in [0.15, 0.2) is 0 Å². The zero-order valence-electron chi connectivity index (χ0n) is 19.1. The summed E-state index contributed by atoms with van der Waals surface area (Å²) in [5.41, 5.74) is 2.16. The molecule has 1 atom stereocenters. The second kappa shape index (κ2) is 9.57. The summed E-state index contributed by atoms with van der Waals surface area (Å²) in [6, 6.07) is 14.5. The highest BCUT2D eigenvalue weighted by atomic mass is 32.2. The monoisotopic (exact) mass is 500 g/mol. The first kappa shape index (κ1) is 23.9. The third kappa shape index (κ3) is 4.56. The Morgan fingerprint density at radius 1 is 1.09 bits per heavy atom. The molecule has 0 saturated heterocycles. The van der Waals surface area contributed by atoms with E-state index in [9.17, 15) is 18.0 Å². The predicted octanol–water partition coefficient (Wildman–Crippen LogP) is 2.18. The van der Waals surface area contributed by atoms with Crippen LogP contribution in [-0.4, -0.2) is 48.0 Å². The number of ether oxygens (including phenoxy) is 1. The lowest BCUT2D eigenvalue weighted by atomic mass is 10.0. The molecule has 34 heavy (non-hydrogen) atoms. The van der Waals surface area contributed by atoms with Crippen LogP contribution >= 0.6 is 11.3 Å². The van der Waals surface area contributed by atoms with Gasteiger partial charge in [0.05, 0.1) is 41.7 Å². The highest BCUT2D eigenvalue weighted by Crippen LogP contribution is 2.35. The van der Waals surface area contributed by atoms with Gasteiger partial charge in [-0.05, 0) is 42.0 Å². The van der Waals surface area contributed by atoms with E-state index in [2.05, 4.69) is 12.4 Å². The molecule has 0 bridgehead atoms. The van der Waals surface area contributed by atoms with Gasteiger partial charge in [-0.1, -0.05) is 18.2 Å². The number of hydrogen-bond donors (Lipinski definition) is 2. The fraction of sp³-hybridized carbons (Fsp3) is 0.250. The van der Waals surface area contributed by atoms with Gasteiger partial charge in [-0.25, -0.2) is 13.2 Å². The maximum absolute atomic E-state index is 13.0. The quantitative estimate of drug-likeness (QED) is 0.506. The second-order valence-electron chi connectivity index (χ2n) is 8.12. The number of likely N-dealkylation sites (N-methyl/N-ethyl adjacent to an activating group) is 1. The van der Waals surface area contributed by atoms with E-state index in [1.165, 1.54) is 59.0 Å². The van der Waals surface area contributed by atoms with Gasteiger partial charge in [0.1, 0.15) is 11.5 Å². The van der Waals surface area contributed by atoms with E-state index in [0.717, 1.165) is 30.0 Å². The van der Waals surface area contributed by atoms with Crippen LogP contribution in [0.4, 0.5) is 10.7 Å². The van der Waals surface area contributed by atoms with Crippen molar-refractivity contribution in [1.29, 1.82) is 0 Å². The van der Waals surface area contributed by atoms with E-state index in [1.54, 1.807) is 24.3 Å². The van der Waals surface area contributed by atoms with E-state index < -0.39 is 21.9 Å². The summed E-state index contributed by atoms with van der Waals surface area (Å²) in [7, 11) is 1.11. The van der Waals surface area contributed by atoms with Gasteiger partial charge in [-0.15, -0.1) is 11.3 Å². The van der Waals surface area contributed by atoms with Crippen LogP contribution in [0.25, 0.3) is 0 Å².